The van der Waals surface area contributed by atoms with Gasteiger partial charge in [-0.25, -0.2) is 0 Å². The molecule has 0 saturated heterocycles. The van der Waals surface area contributed by atoms with E-state index in [1.807, 2.05) is 12.1 Å². The number of rotatable bonds is 3. The fraction of sp³-hybridized carbons (Fsp3) is 0.647. The first kappa shape index (κ1) is 14.4. The molecule has 0 heterocycles. The summed E-state index contributed by atoms with van der Waals surface area (Å²) in [4.78, 5) is 0. The van der Waals surface area contributed by atoms with E-state index < -0.39 is 0 Å². The fourth-order valence-electron chi connectivity index (χ4n) is 2.81. The molecule has 19 heavy (non-hydrogen) atoms. The Balaban J connectivity index is 2.10. The monoisotopic (exact) mass is 262 g/mol. The molecule has 0 spiro atoms. The van der Waals surface area contributed by atoms with Crippen LogP contribution in [0.1, 0.15) is 58.4 Å². The van der Waals surface area contributed by atoms with Crippen LogP contribution in [0.4, 0.5) is 0 Å². The van der Waals surface area contributed by atoms with Crippen LogP contribution in [0.15, 0.2) is 24.3 Å². The summed E-state index contributed by atoms with van der Waals surface area (Å²) in [6.07, 6.45) is 2.67. The van der Waals surface area contributed by atoms with E-state index in [1.54, 1.807) is 0 Å². The van der Waals surface area contributed by atoms with E-state index in [9.17, 15) is 5.11 Å². The van der Waals surface area contributed by atoms with Crippen molar-refractivity contribution in [1.29, 1.82) is 0 Å². The maximum atomic E-state index is 10.4. The highest BCUT2D eigenvalue weighted by atomic mass is 16.5. The highest BCUT2D eigenvalue weighted by Gasteiger charge is 2.39. The molecular weight excluding hydrogens is 236 g/mol. The molecule has 1 aliphatic rings. The van der Waals surface area contributed by atoms with Gasteiger partial charge in [0, 0.05) is 0 Å². The van der Waals surface area contributed by atoms with Gasteiger partial charge < -0.3 is 9.84 Å². The molecule has 2 unspecified atom stereocenters. The molecule has 1 aromatic carbocycles. The first-order chi connectivity index (χ1) is 8.90. The van der Waals surface area contributed by atoms with Crippen LogP contribution in [0.3, 0.4) is 0 Å². The Kier molecular flexibility index (Phi) is 4.19. The van der Waals surface area contributed by atoms with Gasteiger partial charge in [-0.15, -0.1) is 0 Å². The summed E-state index contributed by atoms with van der Waals surface area (Å²) < 4.78 is 6.04. The fourth-order valence-corrected chi connectivity index (χ4v) is 2.81. The van der Waals surface area contributed by atoms with Crippen molar-refractivity contribution in [3.63, 3.8) is 0 Å². The molecule has 0 radical (unpaired) electrons. The van der Waals surface area contributed by atoms with Crippen LogP contribution in [-0.4, -0.2) is 17.3 Å². The summed E-state index contributed by atoms with van der Waals surface area (Å²) in [5.74, 6) is 1.38. The van der Waals surface area contributed by atoms with E-state index in [1.165, 1.54) is 5.56 Å². The molecule has 1 N–H and O–H groups in total. The zero-order chi connectivity index (χ0) is 14.0. The van der Waals surface area contributed by atoms with E-state index >= 15 is 0 Å². The number of hydrogen-bond acceptors (Lipinski definition) is 2. The molecule has 2 nitrogen and oxygen atoms in total. The lowest BCUT2D eigenvalue weighted by atomic mass is 9.73. The van der Waals surface area contributed by atoms with Crippen molar-refractivity contribution < 1.29 is 9.84 Å². The lowest BCUT2D eigenvalue weighted by Crippen LogP contribution is -2.46. The summed E-state index contributed by atoms with van der Waals surface area (Å²) in [6, 6.07) is 8.24. The highest BCUT2D eigenvalue weighted by Crippen LogP contribution is 2.37. The van der Waals surface area contributed by atoms with Gasteiger partial charge in [-0.1, -0.05) is 39.8 Å². The second-order valence-electron chi connectivity index (χ2n) is 6.71. The number of hydrogen-bond donors (Lipinski definition) is 1. The van der Waals surface area contributed by atoms with E-state index in [-0.39, 0.29) is 17.6 Å². The van der Waals surface area contributed by atoms with Gasteiger partial charge in [-0.3, -0.25) is 0 Å². The molecule has 2 rings (SSSR count). The molecule has 0 aromatic heterocycles. The van der Waals surface area contributed by atoms with Gasteiger partial charge >= 0.3 is 0 Å². The zero-order valence-corrected chi connectivity index (χ0v) is 12.5. The van der Waals surface area contributed by atoms with Crippen LogP contribution in [0.2, 0.25) is 0 Å². The predicted octanol–water partition coefficient (Wildman–Crippen LogP) is 4.13. The molecule has 2 atom stereocenters. The summed E-state index contributed by atoms with van der Waals surface area (Å²) in [6.45, 7) is 8.60. The zero-order valence-electron chi connectivity index (χ0n) is 12.5. The minimum atomic E-state index is -0.385. The van der Waals surface area contributed by atoms with Gasteiger partial charge in [0.05, 0.1) is 6.10 Å². The number of ether oxygens (including phenoxy) is 1. The summed E-state index contributed by atoms with van der Waals surface area (Å²) in [5, 5.41) is 10.4. The summed E-state index contributed by atoms with van der Waals surface area (Å²) in [5.41, 5.74) is 1.24. The van der Waals surface area contributed by atoms with E-state index in [4.69, 9.17) is 4.74 Å². The number of aliphatic hydroxyl groups is 1. The second-order valence-corrected chi connectivity index (χ2v) is 6.71. The van der Waals surface area contributed by atoms with E-state index in [0.717, 1.165) is 25.0 Å². The topological polar surface area (TPSA) is 29.5 Å². The van der Waals surface area contributed by atoms with Crippen molar-refractivity contribution >= 4 is 0 Å². The average molecular weight is 262 g/mol. The van der Waals surface area contributed by atoms with Gasteiger partial charge in [-0.2, -0.15) is 0 Å². The lowest BCUT2D eigenvalue weighted by molar-refractivity contribution is -0.0689. The average Bonchev–Trinajstić information content (AvgIpc) is 2.35. The SMILES string of the molecule is CC(C)c1cccc(OC2CCCC(C)(C)C2O)c1. The van der Waals surface area contributed by atoms with Crippen LogP contribution in [0.25, 0.3) is 0 Å². The van der Waals surface area contributed by atoms with Crippen molar-refractivity contribution in [3.05, 3.63) is 29.8 Å². The third-order valence-corrected chi connectivity index (χ3v) is 4.27. The van der Waals surface area contributed by atoms with Crippen LogP contribution < -0.4 is 4.74 Å². The summed E-state index contributed by atoms with van der Waals surface area (Å²) >= 11 is 0. The van der Waals surface area contributed by atoms with Crippen LogP contribution in [-0.2, 0) is 0 Å². The number of aliphatic hydroxyl groups excluding tert-OH is 1. The molecule has 106 valence electrons. The van der Waals surface area contributed by atoms with E-state index in [0.29, 0.717) is 5.92 Å². The predicted molar refractivity (Wildman–Crippen MR) is 78.6 cm³/mol. The smallest absolute Gasteiger partial charge is 0.125 e. The minimum Gasteiger partial charge on any atom is -0.488 e. The first-order valence-corrected chi connectivity index (χ1v) is 7.35. The van der Waals surface area contributed by atoms with Crippen molar-refractivity contribution in [3.8, 4) is 5.75 Å². The largest absolute Gasteiger partial charge is 0.488 e. The Morgan fingerprint density at radius 3 is 2.74 bits per heavy atom. The molecule has 1 saturated carbocycles. The Labute approximate surface area is 116 Å². The van der Waals surface area contributed by atoms with Crippen LogP contribution >= 0.6 is 0 Å². The van der Waals surface area contributed by atoms with Crippen LogP contribution in [0.5, 0.6) is 5.75 Å². The summed E-state index contributed by atoms with van der Waals surface area (Å²) in [7, 11) is 0. The molecule has 1 aromatic rings. The van der Waals surface area contributed by atoms with Gasteiger partial charge in [0.2, 0.25) is 0 Å². The molecule has 1 fully saturated rings. The molecule has 1 aliphatic carbocycles. The maximum absolute atomic E-state index is 10.4. The molecule has 0 aliphatic heterocycles. The third kappa shape index (κ3) is 3.30. The van der Waals surface area contributed by atoms with Crippen molar-refractivity contribution in [2.45, 2.75) is 65.1 Å². The maximum Gasteiger partial charge on any atom is 0.125 e. The van der Waals surface area contributed by atoms with Crippen molar-refractivity contribution in [1.82, 2.24) is 0 Å². The third-order valence-electron chi connectivity index (χ3n) is 4.27. The van der Waals surface area contributed by atoms with Crippen molar-refractivity contribution in [2.24, 2.45) is 5.41 Å². The van der Waals surface area contributed by atoms with Gasteiger partial charge in [0.1, 0.15) is 11.9 Å². The quantitative estimate of drug-likeness (QED) is 0.887. The minimum absolute atomic E-state index is 0.0431. The van der Waals surface area contributed by atoms with Crippen molar-refractivity contribution in [2.75, 3.05) is 0 Å². The molecule has 0 bridgehead atoms. The molecular formula is C17H26O2. The molecule has 0 amide bonds. The van der Waals surface area contributed by atoms with Gasteiger partial charge in [0.15, 0.2) is 0 Å². The lowest BCUT2D eigenvalue weighted by Gasteiger charge is -2.40. The van der Waals surface area contributed by atoms with Gasteiger partial charge in [-0.05, 0) is 48.3 Å². The Morgan fingerprint density at radius 1 is 1.32 bits per heavy atom. The standard InChI is InChI=1S/C17H26O2/c1-12(2)13-7-5-8-14(11-13)19-15-9-6-10-17(3,4)16(15)18/h5,7-8,11-12,15-16,18H,6,9-10H2,1-4H3. The second kappa shape index (κ2) is 5.54. The Bertz CT molecular complexity index is 423. The normalized spacial score (nSPS) is 26.4. The Morgan fingerprint density at radius 2 is 2.05 bits per heavy atom. The molecule has 2 heteroatoms. The highest BCUT2D eigenvalue weighted by molar-refractivity contribution is 5.30. The van der Waals surface area contributed by atoms with Gasteiger partial charge in [0.25, 0.3) is 0 Å². The number of benzene rings is 1. The Hall–Kier alpha value is -1.02. The first-order valence-electron chi connectivity index (χ1n) is 7.35. The van der Waals surface area contributed by atoms with E-state index in [2.05, 4.69) is 39.8 Å². The van der Waals surface area contributed by atoms with Crippen LogP contribution in [0, 0.1) is 5.41 Å².